The first-order valence-electron chi connectivity index (χ1n) is 6.52. The summed E-state index contributed by atoms with van der Waals surface area (Å²) in [4.78, 5) is 23.3. The molecule has 0 aromatic heterocycles. The molecule has 1 aliphatic rings. The highest BCUT2D eigenvalue weighted by Gasteiger charge is 2.34. The van der Waals surface area contributed by atoms with Gasteiger partial charge in [0.25, 0.3) is 0 Å². The number of aromatic carboxylic acids is 1. The van der Waals surface area contributed by atoms with Gasteiger partial charge in [0, 0.05) is 0 Å². The molecule has 1 saturated heterocycles. The van der Waals surface area contributed by atoms with Crippen LogP contribution in [0.15, 0.2) is 18.2 Å². The van der Waals surface area contributed by atoms with Crippen molar-refractivity contribution in [1.82, 2.24) is 5.32 Å². The molecule has 1 aromatic rings. The fourth-order valence-corrected chi connectivity index (χ4v) is 2.43. The third-order valence-electron chi connectivity index (χ3n) is 3.58. The van der Waals surface area contributed by atoms with Gasteiger partial charge in [-0.2, -0.15) is 0 Å². The standard InChI is InChI=1S/C14H17ClN2O3/c1-14(6-2-3-7-16-14)13(20)17-11-8-9(12(18)19)4-5-10(11)15/h4-5,8,16H,2-3,6-7H2,1H3,(H,17,20)(H,18,19). The van der Waals surface area contributed by atoms with Gasteiger partial charge in [-0.3, -0.25) is 4.79 Å². The first kappa shape index (κ1) is 14.8. The monoisotopic (exact) mass is 296 g/mol. The van der Waals surface area contributed by atoms with Crippen LogP contribution in [0.2, 0.25) is 5.02 Å². The summed E-state index contributed by atoms with van der Waals surface area (Å²) in [6, 6.07) is 4.24. The summed E-state index contributed by atoms with van der Waals surface area (Å²) in [6.07, 6.45) is 2.78. The van der Waals surface area contributed by atoms with Crippen LogP contribution in [0.5, 0.6) is 0 Å². The molecule has 3 N–H and O–H groups in total. The van der Waals surface area contributed by atoms with Crippen molar-refractivity contribution in [2.24, 2.45) is 0 Å². The van der Waals surface area contributed by atoms with Crippen LogP contribution in [-0.2, 0) is 4.79 Å². The summed E-state index contributed by atoms with van der Waals surface area (Å²) in [7, 11) is 0. The quantitative estimate of drug-likeness (QED) is 0.801. The molecule has 1 aromatic carbocycles. The van der Waals surface area contributed by atoms with Gasteiger partial charge in [0.1, 0.15) is 0 Å². The molecule has 0 bridgehead atoms. The van der Waals surface area contributed by atoms with Crippen molar-refractivity contribution >= 4 is 29.2 Å². The number of piperidine rings is 1. The van der Waals surface area contributed by atoms with E-state index in [1.54, 1.807) is 0 Å². The topological polar surface area (TPSA) is 78.4 Å². The smallest absolute Gasteiger partial charge is 0.335 e. The summed E-state index contributed by atoms with van der Waals surface area (Å²) < 4.78 is 0. The second-order valence-electron chi connectivity index (χ2n) is 5.17. The summed E-state index contributed by atoms with van der Waals surface area (Å²) in [5, 5.41) is 15.2. The van der Waals surface area contributed by atoms with Crippen molar-refractivity contribution in [3.8, 4) is 0 Å². The Morgan fingerprint density at radius 1 is 1.40 bits per heavy atom. The van der Waals surface area contributed by atoms with Crippen LogP contribution in [0, 0.1) is 0 Å². The van der Waals surface area contributed by atoms with Crippen LogP contribution in [0.4, 0.5) is 5.69 Å². The van der Waals surface area contributed by atoms with E-state index in [0.29, 0.717) is 10.7 Å². The molecule has 108 valence electrons. The average molecular weight is 297 g/mol. The van der Waals surface area contributed by atoms with Crippen molar-refractivity contribution in [1.29, 1.82) is 0 Å². The van der Waals surface area contributed by atoms with Gasteiger partial charge in [-0.15, -0.1) is 0 Å². The van der Waals surface area contributed by atoms with Crippen molar-refractivity contribution in [3.63, 3.8) is 0 Å². The molecule has 1 amide bonds. The van der Waals surface area contributed by atoms with Crippen molar-refractivity contribution < 1.29 is 14.7 Å². The summed E-state index contributed by atoms with van der Waals surface area (Å²) >= 11 is 6.00. The van der Waals surface area contributed by atoms with E-state index >= 15 is 0 Å². The molecule has 0 spiro atoms. The van der Waals surface area contributed by atoms with Gasteiger partial charge in [-0.1, -0.05) is 11.6 Å². The van der Waals surface area contributed by atoms with Crippen molar-refractivity contribution in [2.75, 3.05) is 11.9 Å². The fraction of sp³-hybridized carbons (Fsp3) is 0.429. The van der Waals surface area contributed by atoms with Gasteiger partial charge in [0.2, 0.25) is 5.91 Å². The lowest BCUT2D eigenvalue weighted by Gasteiger charge is -2.33. The predicted octanol–water partition coefficient (Wildman–Crippen LogP) is 2.51. The van der Waals surface area contributed by atoms with E-state index in [9.17, 15) is 9.59 Å². The predicted molar refractivity (Wildman–Crippen MR) is 77.3 cm³/mol. The van der Waals surface area contributed by atoms with E-state index in [1.807, 2.05) is 6.92 Å². The molecular weight excluding hydrogens is 280 g/mol. The Kier molecular flexibility index (Phi) is 4.30. The van der Waals surface area contributed by atoms with Gasteiger partial charge < -0.3 is 15.7 Å². The SMILES string of the molecule is CC1(C(=O)Nc2cc(C(=O)O)ccc2Cl)CCCCN1. The highest BCUT2D eigenvalue weighted by atomic mass is 35.5. The highest BCUT2D eigenvalue weighted by molar-refractivity contribution is 6.34. The number of rotatable bonds is 3. The Morgan fingerprint density at radius 2 is 2.15 bits per heavy atom. The van der Waals surface area contributed by atoms with Crippen LogP contribution in [0.1, 0.15) is 36.5 Å². The Balaban J connectivity index is 2.18. The zero-order valence-corrected chi connectivity index (χ0v) is 12.0. The lowest BCUT2D eigenvalue weighted by atomic mass is 9.90. The maximum atomic E-state index is 12.3. The zero-order chi connectivity index (χ0) is 14.8. The highest BCUT2D eigenvalue weighted by Crippen LogP contribution is 2.26. The zero-order valence-electron chi connectivity index (χ0n) is 11.2. The van der Waals surface area contributed by atoms with Gasteiger partial charge in [0.05, 0.1) is 21.8 Å². The van der Waals surface area contributed by atoms with E-state index in [0.717, 1.165) is 25.8 Å². The van der Waals surface area contributed by atoms with Gasteiger partial charge in [-0.05, 0) is 50.9 Å². The maximum absolute atomic E-state index is 12.3. The lowest BCUT2D eigenvalue weighted by molar-refractivity contribution is -0.122. The average Bonchev–Trinajstić information content (AvgIpc) is 2.41. The fourth-order valence-electron chi connectivity index (χ4n) is 2.26. The molecule has 2 rings (SSSR count). The molecule has 1 heterocycles. The number of anilines is 1. The van der Waals surface area contributed by atoms with Gasteiger partial charge in [0.15, 0.2) is 0 Å². The van der Waals surface area contributed by atoms with E-state index in [4.69, 9.17) is 16.7 Å². The Labute approximate surface area is 122 Å². The molecule has 1 atom stereocenters. The minimum Gasteiger partial charge on any atom is -0.478 e. The number of amides is 1. The third kappa shape index (κ3) is 3.11. The maximum Gasteiger partial charge on any atom is 0.335 e. The minimum absolute atomic E-state index is 0.0893. The van der Waals surface area contributed by atoms with Crippen LogP contribution in [0.3, 0.4) is 0 Å². The molecule has 6 heteroatoms. The van der Waals surface area contributed by atoms with Gasteiger partial charge >= 0.3 is 5.97 Å². The van der Waals surface area contributed by atoms with Crippen LogP contribution in [-0.4, -0.2) is 29.1 Å². The molecule has 0 saturated carbocycles. The molecule has 1 fully saturated rings. The third-order valence-corrected chi connectivity index (χ3v) is 3.91. The second-order valence-corrected chi connectivity index (χ2v) is 5.58. The summed E-state index contributed by atoms with van der Waals surface area (Å²) in [5.41, 5.74) is -0.225. The number of halogens is 1. The summed E-state index contributed by atoms with van der Waals surface area (Å²) in [5.74, 6) is -1.25. The number of carboxylic acid groups (broad SMARTS) is 1. The molecule has 0 aliphatic carbocycles. The van der Waals surface area contributed by atoms with E-state index < -0.39 is 11.5 Å². The number of hydrogen-bond donors (Lipinski definition) is 3. The Bertz CT molecular complexity index is 539. The number of carbonyl (C=O) groups is 2. The van der Waals surface area contributed by atoms with Crippen LogP contribution >= 0.6 is 11.6 Å². The second kappa shape index (κ2) is 5.81. The van der Waals surface area contributed by atoms with E-state index in [2.05, 4.69) is 10.6 Å². The number of hydrogen-bond acceptors (Lipinski definition) is 3. The largest absolute Gasteiger partial charge is 0.478 e. The minimum atomic E-state index is -1.06. The van der Waals surface area contributed by atoms with Crippen molar-refractivity contribution in [2.45, 2.75) is 31.7 Å². The van der Waals surface area contributed by atoms with Crippen LogP contribution in [0.25, 0.3) is 0 Å². The first-order chi connectivity index (χ1) is 9.42. The van der Waals surface area contributed by atoms with Crippen LogP contribution < -0.4 is 10.6 Å². The normalized spacial score (nSPS) is 22.3. The molecule has 5 nitrogen and oxygen atoms in total. The first-order valence-corrected chi connectivity index (χ1v) is 6.89. The number of carbonyl (C=O) groups excluding carboxylic acids is 1. The molecule has 1 aliphatic heterocycles. The molecule has 1 unspecified atom stereocenters. The van der Waals surface area contributed by atoms with Crippen molar-refractivity contribution in [3.05, 3.63) is 28.8 Å². The lowest BCUT2D eigenvalue weighted by Crippen LogP contribution is -2.54. The van der Waals surface area contributed by atoms with E-state index in [-0.39, 0.29) is 11.5 Å². The molecular formula is C14H17ClN2O3. The Hall–Kier alpha value is -1.59. The summed E-state index contributed by atoms with van der Waals surface area (Å²) in [6.45, 7) is 2.64. The Morgan fingerprint density at radius 3 is 2.75 bits per heavy atom. The van der Waals surface area contributed by atoms with Gasteiger partial charge in [-0.25, -0.2) is 4.79 Å². The van der Waals surface area contributed by atoms with E-state index in [1.165, 1.54) is 18.2 Å². The molecule has 0 radical (unpaired) electrons. The number of carboxylic acids is 1. The molecule has 20 heavy (non-hydrogen) atoms. The number of benzene rings is 1. The number of nitrogens with one attached hydrogen (secondary N) is 2.